The highest BCUT2D eigenvalue weighted by atomic mass is 79.9. The number of carbonyl (C=O) groups is 3. The second kappa shape index (κ2) is 10.2. The Morgan fingerprint density at radius 1 is 0.917 bits per heavy atom. The van der Waals surface area contributed by atoms with E-state index in [1.807, 2.05) is 0 Å². The van der Waals surface area contributed by atoms with Crippen LogP contribution in [0.4, 0.5) is 5.69 Å². The van der Waals surface area contributed by atoms with E-state index in [0.29, 0.717) is 32.8 Å². The molecule has 1 heterocycles. The van der Waals surface area contributed by atoms with Crippen LogP contribution < -0.4 is 14.4 Å². The lowest BCUT2D eigenvalue weighted by atomic mass is 9.95. The lowest BCUT2D eigenvalue weighted by molar-refractivity contribution is -0.132. The summed E-state index contributed by atoms with van der Waals surface area (Å²) in [5.74, 6) is -1.50. The first-order chi connectivity index (χ1) is 17.3. The van der Waals surface area contributed by atoms with Gasteiger partial charge in [-0.1, -0.05) is 18.2 Å². The van der Waals surface area contributed by atoms with Gasteiger partial charge in [-0.2, -0.15) is 0 Å². The molecule has 1 amide bonds. The van der Waals surface area contributed by atoms with Gasteiger partial charge < -0.3 is 19.3 Å². The zero-order chi connectivity index (χ0) is 26.0. The third-order valence-corrected chi connectivity index (χ3v) is 6.47. The van der Waals surface area contributed by atoms with E-state index in [2.05, 4.69) is 15.9 Å². The summed E-state index contributed by atoms with van der Waals surface area (Å²) in [7, 11) is 4.30. The molecule has 184 valence electrons. The predicted octanol–water partition coefficient (Wildman–Crippen LogP) is 4.88. The minimum atomic E-state index is -0.968. The number of Topliss-reactive ketones (excluding diaryl/α,β-unsaturated/α-hetero) is 1. The number of ether oxygens (including phenoxy) is 3. The van der Waals surface area contributed by atoms with E-state index in [9.17, 15) is 19.5 Å². The Bertz CT molecular complexity index is 1380. The Labute approximate surface area is 215 Å². The Balaban J connectivity index is 1.93. The molecule has 8 nitrogen and oxygen atoms in total. The number of hydrogen-bond acceptors (Lipinski definition) is 7. The number of ketones is 1. The lowest BCUT2D eigenvalue weighted by Crippen LogP contribution is -2.29. The Kier molecular flexibility index (Phi) is 7.12. The van der Waals surface area contributed by atoms with Gasteiger partial charge in [-0.15, -0.1) is 0 Å². The van der Waals surface area contributed by atoms with Crippen molar-refractivity contribution in [3.05, 3.63) is 93.5 Å². The van der Waals surface area contributed by atoms with E-state index in [-0.39, 0.29) is 16.9 Å². The standard InChI is InChI=1S/C27H22BrNO7/c1-34-19-10-7-15(8-11-19)23-22(24(30)16-9-12-21(35-2)20(28)14-16)25(31)26(32)29(23)18-6-4-5-17(13-18)27(33)36-3/h4-14,23,30H,1-3H3/b24-22+. The normalized spacial score (nSPS) is 16.7. The van der Waals surface area contributed by atoms with E-state index in [4.69, 9.17) is 14.2 Å². The molecule has 9 heteroatoms. The molecule has 3 aromatic rings. The number of esters is 1. The van der Waals surface area contributed by atoms with Gasteiger partial charge in [0.25, 0.3) is 11.7 Å². The maximum Gasteiger partial charge on any atom is 0.337 e. The molecule has 36 heavy (non-hydrogen) atoms. The quantitative estimate of drug-likeness (QED) is 0.201. The minimum Gasteiger partial charge on any atom is -0.507 e. The minimum absolute atomic E-state index is 0.0919. The van der Waals surface area contributed by atoms with Crippen LogP contribution in [0.1, 0.15) is 27.5 Å². The van der Waals surface area contributed by atoms with Crippen LogP contribution in [0, 0.1) is 0 Å². The summed E-state index contributed by atoms with van der Waals surface area (Å²) in [5, 5.41) is 11.3. The van der Waals surface area contributed by atoms with Gasteiger partial charge in [0.05, 0.1) is 43.0 Å². The van der Waals surface area contributed by atoms with Crippen molar-refractivity contribution in [2.75, 3.05) is 26.2 Å². The van der Waals surface area contributed by atoms with E-state index in [1.165, 1.54) is 32.3 Å². The van der Waals surface area contributed by atoms with Crippen LogP contribution in [0.2, 0.25) is 0 Å². The van der Waals surface area contributed by atoms with Crippen molar-refractivity contribution in [2.24, 2.45) is 0 Å². The molecule has 1 aliphatic heterocycles. The summed E-state index contributed by atoms with van der Waals surface area (Å²) in [4.78, 5) is 40.1. The Morgan fingerprint density at radius 3 is 2.25 bits per heavy atom. The van der Waals surface area contributed by atoms with Gasteiger partial charge in [0.2, 0.25) is 0 Å². The summed E-state index contributed by atoms with van der Waals surface area (Å²) >= 11 is 3.39. The molecule has 0 aliphatic carbocycles. The molecule has 0 radical (unpaired) electrons. The molecule has 1 atom stereocenters. The van der Waals surface area contributed by atoms with Crippen molar-refractivity contribution in [1.82, 2.24) is 0 Å². The predicted molar refractivity (Wildman–Crippen MR) is 136 cm³/mol. The summed E-state index contributed by atoms with van der Waals surface area (Å²) < 4.78 is 15.9. The molecule has 1 N–H and O–H groups in total. The largest absolute Gasteiger partial charge is 0.507 e. The first-order valence-electron chi connectivity index (χ1n) is 10.8. The third kappa shape index (κ3) is 4.45. The molecule has 1 fully saturated rings. The van der Waals surface area contributed by atoms with Crippen molar-refractivity contribution in [3.63, 3.8) is 0 Å². The third-order valence-electron chi connectivity index (χ3n) is 5.85. The van der Waals surface area contributed by atoms with Gasteiger partial charge in [0, 0.05) is 11.3 Å². The monoisotopic (exact) mass is 551 g/mol. The van der Waals surface area contributed by atoms with Gasteiger partial charge >= 0.3 is 5.97 Å². The molecule has 1 aliphatic rings. The van der Waals surface area contributed by atoms with Gasteiger partial charge in [-0.25, -0.2) is 4.79 Å². The van der Waals surface area contributed by atoms with Crippen LogP contribution in [0.25, 0.3) is 5.76 Å². The smallest absolute Gasteiger partial charge is 0.337 e. The fourth-order valence-electron chi connectivity index (χ4n) is 4.07. The number of nitrogens with zero attached hydrogens (tertiary/aromatic N) is 1. The van der Waals surface area contributed by atoms with Gasteiger partial charge in [0.15, 0.2) is 0 Å². The van der Waals surface area contributed by atoms with Gasteiger partial charge in [-0.05, 0) is 70.0 Å². The number of rotatable bonds is 6. The molecular weight excluding hydrogens is 530 g/mol. The first-order valence-corrected chi connectivity index (χ1v) is 11.6. The highest BCUT2D eigenvalue weighted by Crippen LogP contribution is 2.43. The van der Waals surface area contributed by atoms with Gasteiger partial charge in [0.1, 0.15) is 17.3 Å². The number of carbonyl (C=O) groups excluding carboxylic acids is 3. The second-order valence-corrected chi connectivity index (χ2v) is 8.69. The molecule has 3 aromatic carbocycles. The topological polar surface area (TPSA) is 102 Å². The van der Waals surface area contributed by atoms with Crippen LogP contribution in [0.3, 0.4) is 0 Å². The molecule has 1 saturated heterocycles. The highest BCUT2D eigenvalue weighted by molar-refractivity contribution is 9.10. The molecule has 0 spiro atoms. The fraction of sp³-hybridized carbons (Fsp3) is 0.148. The van der Waals surface area contributed by atoms with E-state index >= 15 is 0 Å². The van der Waals surface area contributed by atoms with E-state index in [0.717, 1.165) is 0 Å². The van der Waals surface area contributed by atoms with E-state index in [1.54, 1.807) is 60.7 Å². The maximum absolute atomic E-state index is 13.3. The van der Waals surface area contributed by atoms with Gasteiger partial charge in [-0.3, -0.25) is 14.5 Å². The number of amides is 1. The molecule has 0 saturated carbocycles. The summed E-state index contributed by atoms with van der Waals surface area (Å²) in [6, 6.07) is 16.9. The molecule has 0 bridgehead atoms. The summed E-state index contributed by atoms with van der Waals surface area (Å²) in [5.41, 5.74) is 1.31. The van der Waals surface area contributed by atoms with Crippen LogP contribution in [-0.2, 0) is 14.3 Å². The zero-order valence-corrected chi connectivity index (χ0v) is 21.2. The van der Waals surface area contributed by atoms with Crippen molar-refractivity contribution < 1.29 is 33.7 Å². The van der Waals surface area contributed by atoms with Crippen molar-refractivity contribution >= 4 is 45.0 Å². The van der Waals surface area contributed by atoms with Crippen LogP contribution in [0.5, 0.6) is 11.5 Å². The number of methoxy groups -OCH3 is 3. The molecular formula is C27H22BrNO7. The number of benzene rings is 3. The first kappa shape index (κ1) is 25.0. The number of aliphatic hydroxyl groups is 1. The summed E-state index contributed by atoms with van der Waals surface area (Å²) in [6.45, 7) is 0. The average Bonchev–Trinajstić information content (AvgIpc) is 3.17. The average molecular weight is 552 g/mol. The SMILES string of the molecule is COC(=O)c1cccc(N2C(=O)C(=O)/C(=C(/O)c3ccc(OC)c(Br)c3)C2c2ccc(OC)cc2)c1. The number of aliphatic hydroxyl groups excluding tert-OH is 1. The zero-order valence-electron chi connectivity index (χ0n) is 19.7. The summed E-state index contributed by atoms with van der Waals surface area (Å²) in [6.07, 6.45) is 0. The molecule has 1 unspecified atom stereocenters. The number of hydrogen-bond donors (Lipinski definition) is 1. The molecule has 0 aromatic heterocycles. The lowest BCUT2D eigenvalue weighted by Gasteiger charge is -2.26. The van der Waals surface area contributed by atoms with Crippen LogP contribution in [-0.4, -0.2) is 44.1 Å². The maximum atomic E-state index is 13.3. The Hall–Kier alpha value is -4.11. The highest BCUT2D eigenvalue weighted by Gasteiger charge is 2.47. The van der Waals surface area contributed by atoms with Crippen molar-refractivity contribution in [1.29, 1.82) is 0 Å². The van der Waals surface area contributed by atoms with E-state index < -0.39 is 23.7 Å². The van der Waals surface area contributed by atoms with Crippen LogP contribution >= 0.6 is 15.9 Å². The van der Waals surface area contributed by atoms with Crippen LogP contribution in [0.15, 0.2) is 76.8 Å². The van der Waals surface area contributed by atoms with Crippen molar-refractivity contribution in [2.45, 2.75) is 6.04 Å². The number of halogens is 1. The number of anilines is 1. The van der Waals surface area contributed by atoms with Crippen molar-refractivity contribution in [3.8, 4) is 11.5 Å². The second-order valence-electron chi connectivity index (χ2n) is 7.83. The molecule has 4 rings (SSSR count). The fourth-order valence-corrected chi connectivity index (χ4v) is 4.61. The Morgan fingerprint density at radius 2 is 1.64 bits per heavy atom.